The second-order valence-electron chi connectivity index (χ2n) is 9.80. The molecule has 0 bridgehead atoms. The Kier molecular flexibility index (Phi) is 8.57. The maximum atomic E-state index is 15.1. The standard InChI is InChI=1S/C26H40F2O2S/c1-5-18-15-22(16-24(17(3)4)25(18)29)30-26(27,28)21-11-7-19(8-12-21)20-9-13-23(14-10-20)31-6-2/h15-17,19-21,23,29H,5-14H2,1-4H3. The van der Waals surface area contributed by atoms with E-state index < -0.39 is 12.0 Å². The van der Waals surface area contributed by atoms with Gasteiger partial charge in [-0.3, -0.25) is 0 Å². The minimum absolute atomic E-state index is 0.0451. The zero-order valence-electron chi connectivity index (χ0n) is 19.6. The molecule has 3 rings (SSSR count). The minimum atomic E-state index is -3.17. The summed E-state index contributed by atoms with van der Waals surface area (Å²) in [6, 6.07) is 3.17. The Bertz CT molecular complexity index is 706. The maximum Gasteiger partial charge on any atom is 0.400 e. The number of ether oxygens (including phenoxy) is 1. The fourth-order valence-electron chi connectivity index (χ4n) is 5.59. The smallest absolute Gasteiger partial charge is 0.400 e. The molecule has 0 atom stereocenters. The summed E-state index contributed by atoms with van der Waals surface area (Å²) in [5, 5.41) is 11.2. The van der Waals surface area contributed by atoms with Crippen molar-refractivity contribution < 1.29 is 18.6 Å². The summed E-state index contributed by atoms with van der Waals surface area (Å²) < 4.78 is 35.5. The van der Waals surface area contributed by atoms with Crippen LogP contribution < -0.4 is 4.74 Å². The molecule has 0 heterocycles. The molecule has 5 heteroatoms. The third-order valence-electron chi connectivity index (χ3n) is 7.48. The lowest BCUT2D eigenvalue weighted by Crippen LogP contribution is -2.38. The fourth-order valence-corrected chi connectivity index (χ4v) is 6.66. The fraction of sp³-hybridized carbons (Fsp3) is 0.769. The van der Waals surface area contributed by atoms with Crippen LogP contribution in [0.1, 0.15) is 96.1 Å². The lowest BCUT2D eigenvalue weighted by atomic mass is 9.70. The van der Waals surface area contributed by atoms with Crippen molar-refractivity contribution in [2.24, 2.45) is 17.8 Å². The van der Waals surface area contributed by atoms with E-state index in [4.69, 9.17) is 4.74 Å². The van der Waals surface area contributed by atoms with Crippen molar-refractivity contribution >= 4 is 11.8 Å². The number of aryl methyl sites for hydroxylation is 1. The number of benzene rings is 1. The van der Waals surface area contributed by atoms with Crippen molar-refractivity contribution in [2.45, 2.75) is 103 Å². The van der Waals surface area contributed by atoms with Crippen LogP contribution in [-0.2, 0) is 6.42 Å². The quantitative estimate of drug-likeness (QED) is 0.429. The van der Waals surface area contributed by atoms with Crippen molar-refractivity contribution in [3.8, 4) is 11.5 Å². The molecule has 0 saturated heterocycles. The highest BCUT2D eigenvalue weighted by Gasteiger charge is 2.45. The molecule has 2 fully saturated rings. The van der Waals surface area contributed by atoms with Crippen LogP contribution in [0.15, 0.2) is 12.1 Å². The number of phenolic OH excluding ortho intramolecular Hbond substituents is 1. The number of thioether (sulfide) groups is 1. The number of hydrogen-bond acceptors (Lipinski definition) is 3. The first-order chi connectivity index (χ1) is 14.7. The summed E-state index contributed by atoms with van der Waals surface area (Å²) in [6.45, 7) is 8.04. The monoisotopic (exact) mass is 454 g/mol. The summed E-state index contributed by atoms with van der Waals surface area (Å²) in [7, 11) is 0. The van der Waals surface area contributed by atoms with Gasteiger partial charge in [-0.25, -0.2) is 0 Å². The first kappa shape index (κ1) is 24.7. The Hall–Kier alpha value is -0.970. The first-order valence-corrected chi connectivity index (χ1v) is 13.3. The van der Waals surface area contributed by atoms with Crippen molar-refractivity contribution in [3.63, 3.8) is 0 Å². The average Bonchev–Trinajstić information content (AvgIpc) is 2.75. The van der Waals surface area contributed by atoms with E-state index in [-0.39, 0.29) is 17.4 Å². The maximum absolute atomic E-state index is 15.1. The van der Waals surface area contributed by atoms with Gasteiger partial charge in [0.1, 0.15) is 11.5 Å². The van der Waals surface area contributed by atoms with Crippen LogP contribution in [-0.4, -0.2) is 22.2 Å². The van der Waals surface area contributed by atoms with Crippen molar-refractivity contribution in [1.29, 1.82) is 0 Å². The predicted octanol–water partition coefficient (Wildman–Crippen LogP) is 8.17. The third kappa shape index (κ3) is 6.09. The molecule has 0 radical (unpaired) electrons. The lowest BCUT2D eigenvalue weighted by molar-refractivity contribution is -0.224. The topological polar surface area (TPSA) is 29.5 Å². The van der Waals surface area contributed by atoms with E-state index in [1.807, 2.05) is 20.8 Å². The summed E-state index contributed by atoms with van der Waals surface area (Å²) in [4.78, 5) is 0. The average molecular weight is 455 g/mol. The number of phenols is 1. The molecule has 0 unspecified atom stereocenters. The SMILES string of the molecule is CCSC1CCC(C2CCC(C(F)(F)Oc3cc(CC)c(O)c(C(C)C)c3)CC2)CC1. The molecule has 0 aromatic heterocycles. The Morgan fingerprint density at radius 1 is 1.00 bits per heavy atom. The summed E-state index contributed by atoms with van der Waals surface area (Å²) >= 11 is 2.08. The number of rotatable bonds is 8. The van der Waals surface area contributed by atoms with E-state index in [1.165, 1.54) is 31.4 Å². The Labute approximate surface area is 191 Å². The van der Waals surface area contributed by atoms with E-state index in [0.717, 1.165) is 24.0 Å². The highest BCUT2D eigenvalue weighted by molar-refractivity contribution is 7.99. The van der Waals surface area contributed by atoms with E-state index in [9.17, 15) is 5.11 Å². The van der Waals surface area contributed by atoms with E-state index in [2.05, 4.69) is 18.7 Å². The number of halogens is 2. The zero-order chi connectivity index (χ0) is 22.6. The normalized spacial score (nSPS) is 27.5. The molecule has 1 aromatic carbocycles. The molecule has 2 aliphatic carbocycles. The summed E-state index contributed by atoms with van der Waals surface area (Å²) in [5.74, 6) is 2.22. The largest absolute Gasteiger partial charge is 0.507 e. The van der Waals surface area contributed by atoms with Gasteiger partial charge < -0.3 is 9.84 Å². The molecule has 31 heavy (non-hydrogen) atoms. The van der Waals surface area contributed by atoms with Crippen molar-refractivity contribution in [3.05, 3.63) is 23.3 Å². The number of aromatic hydroxyl groups is 1. The van der Waals surface area contributed by atoms with Crippen molar-refractivity contribution in [1.82, 2.24) is 0 Å². The van der Waals surface area contributed by atoms with Crippen LogP contribution in [0.25, 0.3) is 0 Å². The Morgan fingerprint density at radius 3 is 2.10 bits per heavy atom. The molecule has 1 N–H and O–H groups in total. The molecular weight excluding hydrogens is 414 g/mol. The van der Waals surface area contributed by atoms with Gasteiger partial charge in [0.15, 0.2) is 0 Å². The molecule has 0 amide bonds. The van der Waals surface area contributed by atoms with Gasteiger partial charge in [0.25, 0.3) is 0 Å². The number of alkyl halides is 2. The van der Waals surface area contributed by atoms with Gasteiger partial charge >= 0.3 is 6.11 Å². The van der Waals surface area contributed by atoms with Gasteiger partial charge in [-0.15, -0.1) is 0 Å². The molecule has 0 aliphatic heterocycles. The van der Waals surface area contributed by atoms with Gasteiger partial charge in [0.05, 0.1) is 5.92 Å². The summed E-state index contributed by atoms with van der Waals surface area (Å²) in [6.07, 6.45) is 5.40. The molecule has 0 spiro atoms. The minimum Gasteiger partial charge on any atom is -0.507 e. The molecule has 2 aliphatic rings. The molecule has 176 valence electrons. The van der Waals surface area contributed by atoms with Gasteiger partial charge in [0.2, 0.25) is 0 Å². The lowest BCUT2D eigenvalue weighted by Gasteiger charge is -2.39. The van der Waals surface area contributed by atoms with E-state index >= 15 is 8.78 Å². The third-order valence-corrected chi connectivity index (χ3v) is 8.76. The van der Waals surface area contributed by atoms with Crippen molar-refractivity contribution in [2.75, 3.05) is 5.75 Å². The second kappa shape index (κ2) is 10.8. The Balaban J connectivity index is 1.58. The molecule has 2 nitrogen and oxygen atoms in total. The van der Waals surface area contributed by atoms with Crippen LogP contribution in [0, 0.1) is 17.8 Å². The highest BCUT2D eigenvalue weighted by atomic mass is 32.2. The summed E-state index contributed by atoms with van der Waals surface area (Å²) in [5.41, 5.74) is 1.34. The van der Waals surface area contributed by atoms with Crippen LogP contribution in [0.4, 0.5) is 8.78 Å². The van der Waals surface area contributed by atoms with Gasteiger partial charge in [-0.05, 0) is 99.0 Å². The van der Waals surface area contributed by atoms with Crippen LogP contribution in [0.2, 0.25) is 0 Å². The zero-order valence-corrected chi connectivity index (χ0v) is 20.4. The predicted molar refractivity (Wildman–Crippen MR) is 126 cm³/mol. The van der Waals surface area contributed by atoms with Gasteiger partial charge in [0, 0.05) is 10.8 Å². The second-order valence-corrected chi connectivity index (χ2v) is 11.4. The molecule has 1 aromatic rings. The van der Waals surface area contributed by atoms with Crippen LogP contribution in [0.5, 0.6) is 11.5 Å². The van der Waals surface area contributed by atoms with Crippen LogP contribution >= 0.6 is 11.8 Å². The van der Waals surface area contributed by atoms with Gasteiger partial charge in [-0.1, -0.05) is 27.7 Å². The molecule has 2 saturated carbocycles. The number of hydrogen-bond donors (Lipinski definition) is 1. The van der Waals surface area contributed by atoms with Crippen LogP contribution in [0.3, 0.4) is 0 Å². The molecular formula is C26H40F2O2S. The highest BCUT2D eigenvalue weighted by Crippen LogP contribution is 2.46. The van der Waals surface area contributed by atoms with E-state index in [1.54, 1.807) is 12.1 Å². The van der Waals surface area contributed by atoms with E-state index in [0.29, 0.717) is 36.3 Å². The van der Waals surface area contributed by atoms with Gasteiger partial charge in [-0.2, -0.15) is 20.5 Å². The first-order valence-electron chi connectivity index (χ1n) is 12.3. The Morgan fingerprint density at radius 2 is 1.58 bits per heavy atom.